The number of hydrogen-bond acceptors (Lipinski definition) is 1. The number of benzene rings is 2. The van der Waals surface area contributed by atoms with Crippen LogP contribution < -0.4 is 0 Å². The number of nitrogens with one attached hydrogen (secondary N) is 1. The number of aliphatic carboxylic acids is 1. The van der Waals surface area contributed by atoms with Gasteiger partial charge in [-0.3, -0.25) is 4.79 Å². The van der Waals surface area contributed by atoms with Gasteiger partial charge in [-0.25, -0.2) is 8.78 Å². The summed E-state index contributed by atoms with van der Waals surface area (Å²) in [7, 11) is 0. The molecule has 0 radical (unpaired) electrons. The van der Waals surface area contributed by atoms with Gasteiger partial charge < -0.3 is 10.1 Å². The molecule has 2 N–H and O–H groups in total. The van der Waals surface area contributed by atoms with Gasteiger partial charge in [-0.1, -0.05) is 24.3 Å². The van der Waals surface area contributed by atoms with Crippen LogP contribution >= 0.6 is 0 Å². The zero-order valence-electron chi connectivity index (χ0n) is 12.9. The van der Waals surface area contributed by atoms with Crippen molar-refractivity contribution in [2.24, 2.45) is 0 Å². The Bertz CT molecular complexity index is 873. The first-order chi connectivity index (χ1) is 11.6. The maximum atomic E-state index is 13.7. The Kier molecular flexibility index (Phi) is 4.60. The lowest BCUT2D eigenvalue weighted by Gasteiger charge is -2.12. The fraction of sp³-hybridized carbons (Fsp3) is 0.211. The van der Waals surface area contributed by atoms with Gasteiger partial charge >= 0.3 is 5.97 Å². The zero-order valence-corrected chi connectivity index (χ0v) is 12.9. The lowest BCUT2D eigenvalue weighted by atomic mass is 9.92. The maximum absolute atomic E-state index is 13.7. The summed E-state index contributed by atoms with van der Waals surface area (Å²) in [4.78, 5) is 14.7. The molecule has 0 amide bonds. The quantitative estimate of drug-likeness (QED) is 0.692. The second-order valence-electron chi connectivity index (χ2n) is 5.81. The van der Waals surface area contributed by atoms with E-state index in [0.717, 1.165) is 22.5 Å². The van der Waals surface area contributed by atoms with E-state index < -0.39 is 23.5 Å². The summed E-state index contributed by atoms with van der Waals surface area (Å²) in [6.45, 7) is 0. The van der Waals surface area contributed by atoms with Crippen LogP contribution in [0.2, 0.25) is 0 Å². The molecule has 0 aliphatic rings. The first-order valence-corrected chi connectivity index (χ1v) is 7.79. The maximum Gasteiger partial charge on any atom is 0.311 e. The van der Waals surface area contributed by atoms with Gasteiger partial charge in [-0.2, -0.15) is 0 Å². The minimum atomic E-state index is -0.903. The molecular formula is C19H17F2NO2. The third-order valence-corrected chi connectivity index (χ3v) is 4.25. The third kappa shape index (κ3) is 3.30. The van der Waals surface area contributed by atoms with Crippen LogP contribution in [0.1, 0.15) is 29.9 Å². The number of aromatic nitrogens is 1. The lowest BCUT2D eigenvalue weighted by molar-refractivity contribution is -0.139. The number of hydrogen-bond donors (Lipinski definition) is 2. The van der Waals surface area contributed by atoms with Crippen LogP contribution in [0.25, 0.3) is 10.9 Å². The molecule has 0 aliphatic carbocycles. The molecular weight excluding hydrogens is 312 g/mol. The van der Waals surface area contributed by atoms with Crippen molar-refractivity contribution in [3.8, 4) is 0 Å². The van der Waals surface area contributed by atoms with Crippen LogP contribution in [0.4, 0.5) is 8.78 Å². The number of H-pyrrole nitrogens is 1. The average Bonchev–Trinajstić information content (AvgIpc) is 2.97. The molecule has 1 heterocycles. The van der Waals surface area contributed by atoms with Gasteiger partial charge in [0.05, 0.1) is 5.92 Å². The minimum absolute atomic E-state index is 0.373. The smallest absolute Gasteiger partial charge is 0.311 e. The second-order valence-corrected chi connectivity index (χ2v) is 5.81. The van der Waals surface area contributed by atoms with Crippen molar-refractivity contribution >= 4 is 16.9 Å². The van der Waals surface area contributed by atoms with E-state index in [4.69, 9.17) is 0 Å². The first-order valence-electron chi connectivity index (χ1n) is 7.79. The van der Waals surface area contributed by atoms with E-state index in [2.05, 4.69) is 4.98 Å². The van der Waals surface area contributed by atoms with Crippen molar-refractivity contribution < 1.29 is 18.7 Å². The number of para-hydroxylation sites is 1. The summed E-state index contributed by atoms with van der Waals surface area (Å²) < 4.78 is 26.6. The van der Waals surface area contributed by atoms with Crippen LogP contribution in [0, 0.1) is 11.6 Å². The highest BCUT2D eigenvalue weighted by Crippen LogP contribution is 2.29. The fourth-order valence-electron chi connectivity index (χ4n) is 3.02. The van der Waals surface area contributed by atoms with Gasteiger partial charge in [0.2, 0.25) is 0 Å². The molecule has 1 atom stereocenters. The van der Waals surface area contributed by atoms with Crippen LogP contribution in [0.3, 0.4) is 0 Å². The monoisotopic (exact) mass is 329 g/mol. The predicted octanol–water partition coefficient (Wildman–Crippen LogP) is 4.64. The van der Waals surface area contributed by atoms with E-state index in [-0.39, 0.29) is 0 Å². The predicted molar refractivity (Wildman–Crippen MR) is 88.0 cm³/mol. The minimum Gasteiger partial charge on any atom is -0.481 e. The number of aryl methyl sites for hydroxylation is 1. The zero-order chi connectivity index (χ0) is 17.1. The molecule has 1 aromatic heterocycles. The van der Waals surface area contributed by atoms with Crippen molar-refractivity contribution in [1.82, 2.24) is 4.98 Å². The van der Waals surface area contributed by atoms with Crippen LogP contribution in [-0.4, -0.2) is 16.1 Å². The standard InChI is InChI=1S/C19H17F2NO2/c20-13-9-8-12(17(21)10-13)4-3-6-15(19(23)24)16-11-22-18-7-2-1-5-14(16)18/h1-2,5,7-11,15,22H,3-4,6H2,(H,23,24)/t15-/m0/s1. The Hall–Kier alpha value is -2.69. The van der Waals surface area contributed by atoms with Crippen LogP contribution in [-0.2, 0) is 11.2 Å². The SMILES string of the molecule is O=C(O)[C@@H](CCCc1ccc(F)cc1F)c1c[nH]c2ccccc12. The van der Waals surface area contributed by atoms with Gasteiger partial charge in [0.15, 0.2) is 0 Å². The van der Waals surface area contributed by atoms with E-state index >= 15 is 0 Å². The van der Waals surface area contributed by atoms with E-state index in [1.165, 1.54) is 12.1 Å². The second kappa shape index (κ2) is 6.83. The highest BCUT2D eigenvalue weighted by atomic mass is 19.1. The Morgan fingerprint density at radius 3 is 2.71 bits per heavy atom. The van der Waals surface area contributed by atoms with E-state index in [1.54, 1.807) is 6.20 Å². The molecule has 0 aliphatic heterocycles. The lowest BCUT2D eigenvalue weighted by Crippen LogP contribution is -2.11. The molecule has 5 heteroatoms. The van der Waals surface area contributed by atoms with Gasteiger partial charge in [0, 0.05) is 23.2 Å². The number of carboxylic acid groups (broad SMARTS) is 1. The van der Waals surface area contributed by atoms with Gasteiger partial charge in [-0.05, 0) is 42.5 Å². The van der Waals surface area contributed by atoms with Crippen molar-refractivity contribution in [3.63, 3.8) is 0 Å². The molecule has 0 spiro atoms. The van der Waals surface area contributed by atoms with Gasteiger partial charge in [0.25, 0.3) is 0 Å². The molecule has 3 rings (SSSR count). The molecule has 0 saturated carbocycles. The summed E-state index contributed by atoms with van der Waals surface area (Å²) in [6.07, 6.45) is 2.98. The summed E-state index contributed by atoms with van der Waals surface area (Å²) in [6, 6.07) is 11.0. The van der Waals surface area contributed by atoms with Crippen LogP contribution in [0.5, 0.6) is 0 Å². The Balaban J connectivity index is 1.74. The number of carboxylic acids is 1. The molecule has 3 nitrogen and oxygen atoms in total. The summed E-state index contributed by atoms with van der Waals surface area (Å²) in [5.41, 5.74) is 2.03. The normalized spacial score (nSPS) is 12.4. The third-order valence-electron chi connectivity index (χ3n) is 4.25. The highest BCUT2D eigenvalue weighted by molar-refractivity contribution is 5.89. The largest absolute Gasteiger partial charge is 0.481 e. The number of aromatic amines is 1. The number of carbonyl (C=O) groups is 1. The molecule has 0 fully saturated rings. The number of fused-ring (bicyclic) bond motifs is 1. The molecule has 0 saturated heterocycles. The molecule has 0 bridgehead atoms. The number of halogens is 2. The van der Waals surface area contributed by atoms with Crippen LogP contribution in [0.15, 0.2) is 48.7 Å². The van der Waals surface area contributed by atoms with Gasteiger partial charge in [0.1, 0.15) is 11.6 Å². The van der Waals surface area contributed by atoms with Crippen molar-refractivity contribution in [1.29, 1.82) is 0 Å². The van der Waals surface area contributed by atoms with E-state index in [1.807, 2.05) is 24.3 Å². The van der Waals surface area contributed by atoms with Gasteiger partial charge in [-0.15, -0.1) is 0 Å². The first kappa shape index (κ1) is 16.2. The van der Waals surface area contributed by atoms with Crippen molar-refractivity contribution in [3.05, 3.63) is 71.4 Å². The van der Waals surface area contributed by atoms with Crippen molar-refractivity contribution in [2.75, 3.05) is 0 Å². The van der Waals surface area contributed by atoms with Crippen molar-refractivity contribution in [2.45, 2.75) is 25.2 Å². The molecule has 3 aromatic rings. The average molecular weight is 329 g/mol. The Morgan fingerprint density at radius 2 is 1.96 bits per heavy atom. The molecule has 124 valence electrons. The van der Waals surface area contributed by atoms with E-state index in [0.29, 0.717) is 24.8 Å². The Morgan fingerprint density at radius 1 is 1.17 bits per heavy atom. The topological polar surface area (TPSA) is 53.1 Å². The summed E-state index contributed by atoms with van der Waals surface area (Å²) >= 11 is 0. The molecule has 24 heavy (non-hydrogen) atoms. The number of rotatable bonds is 6. The fourth-order valence-corrected chi connectivity index (χ4v) is 3.02. The molecule has 0 unspecified atom stereocenters. The molecule has 2 aromatic carbocycles. The summed E-state index contributed by atoms with van der Waals surface area (Å²) in [5.74, 6) is -2.77. The Labute approximate surface area is 137 Å². The highest BCUT2D eigenvalue weighted by Gasteiger charge is 2.22. The summed E-state index contributed by atoms with van der Waals surface area (Å²) in [5, 5.41) is 10.4. The van der Waals surface area contributed by atoms with E-state index in [9.17, 15) is 18.7 Å².